The van der Waals surface area contributed by atoms with E-state index < -0.39 is 15.9 Å². The van der Waals surface area contributed by atoms with E-state index in [-0.39, 0.29) is 22.2 Å². The summed E-state index contributed by atoms with van der Waals surface area (Å²) >= 11 is 0. The largest absolute Gasteiger partial charge is 0.323 e. The smallest absolute Gasteiger partial charge is 0.322 e. The van der Waals surface area contributed by atoms with Gasteiger partial charge in [0.15, 0.2) is 0 Å². The maximum Gasteiger partial charge on any atom is 0.323 e. The van der Waals surface area contributed by atoms with Crippen LogP contribution in [-0.2, 0) is 10.0 Å². The first-order valence-electron chi connectivity index (χ1n) is 9.96. The van der Waals surface area contributed by atoms with E-state index in [2.05, 4.69) is 15.3 Å². The lowest BCUT2D eigenvalue weighted by Crippen LogP contribution is -2.38. The molecule has 9 heteroatoms. The zero-order valence-electron chi connectivity index (χ0n) is 16.6. The number of sulfonamides is 1. The van der Waals surface area contributed by atoms with Crippen LogP contribution in [0.25, 0.3) is 11.0 Å². The summed E-state index contributed by atoms with van der Waals surface area (Å²) in [6.45, 7) is 0. The van der Waals surface area contributed by atoms with Crippen molar-refractivity contribution in [1.82, 2.24) is 14.3 Å². The molecule has 1 aliphatic carbocycles. The fourth-order valence-corrected chi connectivity index (χ4v) is 5.38. The molecule has 30 heavy (non-hydrogen) atoms. The topological polar surface area (TPSA) is 115 Å². The summed E-state index contributed by atoms with van der Waals surface area (Å²) < 4.78 is 27.6. The number of carbonyl (C=O) groups is 1. The normalized spacial score (nSPS) is 15.5. The van der Waals surface area contributed by atoms with Crippen molar-refractivity contribution in [3.05, 3.63) is 58.5 Å². The van der Waals surface area contributed by atoms with Crippen molar-refractivity contribution in [2.45, 2.75) is 43.0 Å². The molecule has 2 aromatic carbocycles. The van der Waals surface area contributed by atoms with Crippen LogP contribution in [0.5, 0.6) is 0 Å². The van der Waals surface area contributed by atoms with Crippen LogP contribution < -0.4 is 11.0 Å². The summed E-state index contributed by atoms with van der Waals surface area (Å²) in [5.74, 6) is -0.426. The summed E-state index contributed by atoms with van der Waals surface area (Å²) in [4.78, 5) is 29.5. The molecule has 1 aliphatic rings. The van der Waals surface area contributed by atoms with Gasteiger partial charge >= 0.3 is 5.69 Å². The summed E-state index contributed by atoms with van der Waals surface area (Å²) in [6, 6.07) is 11.1. The van der Waals surface area contributed by atoms with Crippen LogP contribution in [0.3, 0.4) is 0 Å². The fraction of sp³-hybridized carbons (Fsp3) is 0.333. The first-order chi connectivity index (χ1) is 14.3. The van der Waals surface area contributed by atoms with Gasteiger partial charge in [0.25, 0.3) is 5.91 Å². The maximum absolute atomic E-state index is 13.1. The van der Waals surface area contributed by atoms with Crippen LogP contribution in [0.2, 0.25) is 0 Å². The summed E-state index contributed by atoms with van der Waals surface area (Å²) in [5.41, 5.74) is 1.62. The zero-order valence-corrected chi connectivity index (χ0v) is 17.5. The molecular weight excluding hydrogens is 404 g/mol. The van der Waals surface area contributed by atoms with Crippen LogP contribution in [0.15, 0.2) is 52.2 Å². The van der Waals surface area contributed by atoms with E-state index in [1.165, 1.54) is 16.4 Å². The second-order valence-corrected chi connectivity index (χ2v) is 9.63. The molecule has 1 fully saturated rings. The Morgan fingerprint density at radius 1 is 1.03 bits per heavy atom. The van der Waals surface area contributed by atoms with E-state index in [4.69, 9.17) is 0 Å². The maximum atomic E-state index is 13.1. The Hall–Kier alpha value is -2.91. The molecule has 0 bridgehead atoms. The van der Waals surface area contributed by atoms with Crippen molar-refractivity contribution in [2.24, 2.45) is 0 Å². The minimum absolute atomic E-state index is 0.00327. The minimum Gasteiger partial charge on any atom is -0.322 e. The Labute approximate surface area is 174 Å². The van der Waals surface area contributed by atoms with Crippen molar-refractivity contribution >= 4 is 32.7 Å². The number of carbonyl (C=O) groups excluding carboxylic acids is 1. The van der Waals surface area contributed by atoms with Crippen LogP contribution in [0.1, 0.15) is 42.5 Å². The third-order valence-electron chi connectivity index (χ3n) is 5.64. The number of fused-ring (bicyclic) bond motifs is 1. The average Bonchev–Trinajstić information content (AvgIpc) is 3.13. The number of hydrogen-bond donors (Lipinski definition) is 3. The highest BCUT2D eigenvalue weighted by atomic mass is 32.2. The number of hydrogen-bond acceptors (Lipinski definition) is 4. The summed E-state index contributed by atoms with van der Waals surface area (Å²) in [5, 5.41) is 2.75. The van der Waals surface area contributed by atoms with Gasteiger partial charge in [0, 0.05) is 24.3 Å². The molecular formula is C21H24N4O4S. The molecule has 1 aromatic heterocycles. The monoisotopic (exact) mass is 428 g/mol. The molecule has 3 aromatic rings. The molecule has 0 atom stereocenters. The van der Waals surface area contributed by atoms with Gasteiger partial charge in [-0.2, -0.15) is 4.31 Å². The van der Waals surface area contributed by atoms with E-state index in [9.17, 15) is 18.0 Å². The number of nitrogens with one attached hydrogen (secondary N) is 3. The number of H-pyrrole nitrogens is 2. The first-order valence-corrected chi connectivity index (χ1v) is 11.4. The van der Waals surface area contributed by atoms with E-state index in [0.717, 1.165) is 32.1 Å². The standard InChI is InChI=1S/C21H24N4O4S/c1-25(16-7-3-2-4-8-16)30(28,29)17-9-5-6-14(12-17)20(26)22-15-10-11-18-19(13-15)24-21(27)23-18/h5-6,9-13,16H,2-4,7-8H2,1H3,(H,22,26)(H2,23,24,27). The van der Waals surface area contributed by atoms with Gasteiger partial charge in [-0.15, -0.1) is 0 Å². The fourth-order valence-electron chi connectivity index (χ4n) is 3.92. The summed E-state index contributed by atoms with van der Waals surface area (Å²) in [6.07, 6.45) is 4.93. The van der Waals surface area contributed by atoms with Gasteiger partial charge in [0.2, 0.25) is 10.0 Å². The zero-order chi connectivity index (χ0) is 21.3. The number of imidazole rings is 1. The Kier molecular flexibility index (Phi) is 5.48. The molecule has 158 valence electrons. The lowest BCUT2D eigenvalue weighted by molar-refractivity contribution is 0.102. The number of aromatic amines is 2. The highest BCUT2D eigenvalue weighted by molar-refractivity contribution is 7.89. The van der Waals surface area contributed by atoms with Crippen molar-refractivity contribution in [3.63, 3.8) is 0 Å². The van der Waals surface area contributed by atoms with Gasteiger partial charge in [-0.1, -0.05) is 25.3 Å². The van der Waals surface area contributed by atoms with Gasteiger partial charge in [-0.05, 0) is 49.2 Å². The molecule has 0 spiro atoms. The van der Waals surface area contributed by atoms with Crippen LogP contribution >= 0.6 is 0 Å². The van der Waals surface area contributed by atoms with Crippen LogP contribution in [0.4, 0.5) is 5.69 Å². The number of aromatic nitrogens is 2. The third kappa shape index (κ3) is 4.03. The van der Waals surface area contributed by atoms with Crippen molar-refractivity contribution in [2.75, 3.05) is 12.4 Å². The predicted molar refractivity (Wildman–Crippen MR) is 115 cm³/mol. The average molecular weight is 429 g/mol. The molecule has 0 radical (unpaired) electrons. The minimum atomic E-state index is -3.68. The molecule has 1 amide bonds. The molecule has 1 heterocycles. The van der Waals surface area contributed by atoms with Gasteiger partial charge in [-0.25, -0.2) is 13.2 Å². The lowest BCUT2D eigenvalue weighted by Gasteiger charge is -2.30. The number of amides is 1. The molecule has 0 saturated heterocycles. The van der Waals surface area contributed by atoms with Crippen LogP contribution in [0, 0.1) is 0 Å². The quantitative estimate of drug-likeness (QED) is 0.579. The third-order valence-corrected chi connectivity index (χ3v) is 7.54. The van der Waals surface area contributed by atoms with Gasteiger partial charge in [0.05, 0.1) is 15.9 Å². The number of rotatable bonds is 5. The second-order valence-electron chi connectivity index (χ2n) is 7.63. The predicted octanol–water partition coefficient (Wildman–Crippen LogP) is 3.06. The van der Waals surface area contributed by atoms with E-state index >= 15 is 0 Å². The lowest BCUT2D eigenvalue weighted by atomic mass is 9.96. The highest BCUT2D eigenvalue weighted by Gasteiger charge is 2.29. The van der Waals surface area contributed by atoms with Crippen LogP contribution in [-0.4, -0.2) is 41.7 Å². The van der Waals surface area contributed by atoms with Gasteiger partial charge < -0.3 is 15.3 Å². The Morgan fingerprint density at radius 3 is 2.53 bits per heavy atom. The Bertz CT molecular complexity index is 1240. The first kappa shape index (κ1) is 20.4. The van der Waals surface area contributed by atoms with E-state index in [1.54, 1.807) is 37.4 Å². The molecule has 8 nitrogen and oxygen atoms in total. The van der Waals surface area contributed by atoms with E-state index in [0.29, 0.717) is 16.7 Å². The Balaban J connectivity index is 1.55. The van der Waals surface area contributed by atoms with E-state index in [1.807, 2.05) is 0 Å². The van der Waals surface area contributed by atoms with Gasteiger partial charge in [0.1, 0.15) is 0 Å². The molecule has 3 N–H and O–H groups in total. The van der Waals surface area contributed by atoms with Crippen molar-refractivity contribution in [3.8, 4) is 0 Å². The molecule has 1 saturated carbocycles. The summed E-state index contributed by atoms with van der Waals surface area (Å²) in [7, 11) is -2.07. The second kappa shape index (κ2) is 8.08. The molecule has 0 aliphatic heterocycles. The van der Waals surface area contributed by atoms with Crippen molar-refractivity contribution in [1.29, 1.82) is 0 Å². The number of benzene rings is 2. The SMILES string of the molecule is CN(C1CCCCC1)S(=O)(=O)c1cccc(C(=O)Nc2ccc3[nH]c(=O)[nH]c3c2)c1. The van der Waals surface area contributed by atoms with Gasteiger partial charge in [-0.3, -0.25) is 4.79 Å². The number of anilines is 1. The molecule has 0 unspecified atom stereocenters. The molecule has 4 rings (SSSR count). The Morgan fingerprint density at radius 2 is 1.77 bits per heavy atom. The van der Waals surface area contributed by atoms with Crippen molar-refractivity contribution < 1.29 is 13.2 Å². The highest BCUT2D eigenvalue weighted by Crippen LogP contribution is 2.27. The number of nitrogens with zero attached hydrogens (tertiary/aromatic N) is 1.